The van der Waals surface area contributed by atoms with Gasteiger partial charge >= 0.3 is 0 Å². The number of amides is 2. The topological polar surface area (TPSA) is 79.8 Å². The number of hydrogen-bond donors (Lipinski definition) is 2. The molecule has 0 bridgehead atoms. The third-order valence-electron chi connectivity index (χ3n) is 3.26. The highest BCUT2D eigenvalue weighted by molar-refractivity contribution is 5.96. The Balaban J connectivity index is 1.97. The zero-order valence-corrected chi connectivity index (χ0v) is 13.6. The lowest BCUT2D eigenvalue weighted by Gasteiger charge is -2.05. The highest BCUT2D eigenvalue weighted by atomic mass is 16.5. The number of anilines is 1. The summed E-state index contributed by atoms with van der Waals surface area (Å²) in [7, 11) is 1.57. The number of rotatable bonds is 6. The Morgan fingerprint density at radius 3 is 2.50 bits per heavy atom. The molecule has 0 aliphatic rings. The summed E-state index contributed by atoms with van der Waals surface area (Å²) >= 11 is 0. The second kappa shape index (κ2) is 8.47. The molecule has 0 unspecified atom stereocenters. The molecule has 0 aliphatic carbocycles. The monoisotopic (exact) mass is 325 g/mol. The molecule has 0 aromatic heterocycles. The summed E-state index contributed by atoms with van der Waals surface area (Å²) in [5.74, 6) is 0.259. The molecule has 124 valence electrons. The molecular weight excluding hydrogens is 306 g/mol. The van der Waals surface area contributed by atoms with Crippen molar-refractivity contribution in [3.8, 4) is 5.75 Å². The molecule has 0 fully saturated rings. The van der Waals surface area contributed by atoms with Crippen LogP contribution in [0, 0.1) is 0 Å². The van der Waals surface area contributed by atoms with Gasteiger partial charge in [-0.15, -0.1) is 0 Å². The maximum Gasteiger partial charge on any atom is 0.271 e. The predicted molar refractivity (Wildman–Crippen MR) is 93.4 cm³/mol. The number of para-hydroxylation sites is 1. The van der Waals surface area contributed by atoms with Crippen LogP contribution < -0.4 is 15.5 Å². The average Bonchev–Trinajstić information content (AvgIpc) is 2.62. The summed E-state index contributed by atoms with van der Waals surface area (Å²) in [5, 5.41) is 6.66. The predicted octanol–water partition coefficient (Wildman–Crippen LogP) is 2.81. The minimum atomic E-state index is -0.338. The molecule has 0 spiro atoms. The molecule has 2 aromatic rings. The second-order valence-corrected chi connectivity index (χ2v) is 4.92. The number of carbonyl (C=O) groups excluding carboxylic acids is 2. The van der Waals surface area contributed by atoms with Gasteiger partial charge in [0.05, 0.1) is 13.3 Å². The van der Waals surface area contributed by atoms with Gasteiger partial charge in [-0.2, -0.15) is 5.10 Å². The van der Waals surface area contributed by atoms with Crippen molar-refractivity contribution in [2.45, 2.75) is 13.3 Å². The molecule has 0 saturated heterocycles. The normalized spacial score (nSPS) is 10.4. The SMILES string of the molecule is CCC(=O)Nc1ccc(C(=O)N/N=C/c2ccccc2OC)cc1. The molecule has 6 heteroatoms. The van der Waals surface area contributed by atoms with Crippen LogP contribution in [-0.2, 0) is 4.79 Å². The highest BCUT2D eigenvalue weighted by Crippen LogP contribution is 2.14. The maximum atomic E-state index is 12.0. The summed E-state index contributed by atoms with van der Waals surface area (Å²) in [4.78, 5) is 23.3. The number of benzene rings is 2. The fraction of sp³-hybridized carbons (Fsp3) is 0.167. The van der Waals surface area contributed by atoms with E-state index in [9.17, 15) is 9.59 Å². The smallest absolute Gasteiger partial charge is 0.271 e. The van der Waals surface area contributed by atoms with Crippen molar-refractivity contribution in [1.82, 2.24) is 5.43 Å². The number of nitrogens with zero attached hydrogens (tertiary/aromatic N) is 1. The van der Waals surface area contributed by atoms with Gasteiger partial charge in [-0.3, -0.25) is 9.59 Å². The molecule has 2 N–H and O–H groups in total. The minimum Gasteiger partial charge on any atom is -0.496 e. The van der Waals surface area contributed by atoms with E-state index >= 15 is 0 Å². The number of carbonyl (C=O) groups is 2. The second-order valence-electron chi connectivity index (χ2n) is 4.92. The van der Waals surface area contributed by atoms with E-state index in [-0.39, 0.29) is 11.8 Å². The first-order valence-corrected chi connectivity index (χ1v) is 7.50. The van der Waals surface area contributed by atoms with Gasteiger partial charge in [0.15, 0.2) is 0 Å². The van der Waals surface area contributed by atoms with Gasteiger partial charge in [-0.25, -0.2) is 5.43 Å². The van der Waals surface area contributed by atoms with E-state index in [0.29, 0.717) is 23.4 Å². The van der Waals surface area contributed by atoms with Crippen LogP contribution in [0.15, 0.2) is 53.6 Å². The number of methoxy groups -OCH3 is 1. The first-order valence-electron chi connectivity index (χ1n) is 7.50. The molecule has 24 heavy (non-hydrogen) atoms. The Morgan fingerprint density at radius 1 is 1.12 bits per heavy atom. The van der Waals surface area contributed by atoms with Gasteiger partial charge < -0.3 is 10.1 Å². The first kappa shape index (κ1) is 17.2. The molecule has 0 saturated carbocycles. The van der Waals surface area contributed by atoms with Crippen LogP contribution in [0.2, 0.25) is 0 Å². The van der Waals surface area contributed by atoms with Gasteiger partial charge in [0.1, 0.15) is 5.75 Å². The maximum absolute atomic E-state index is 12.0. The van der Waals surface area contributed by atoms with Crippen LogP contribution in [0.3, 0.4) is 0 Å². The van der Waals surface area contributed by atoms with Gasteiger partial charge in [-0.05, 0) is 36.4 Å². The third-order valence-corrected chi connectivity index (χ3v) is 3.26. The van der Waals surface area contributed by atoms with Crippen LogP contribution >= 0.6 is 0 Å². The fourth-order valence-corrected chi connectivity index (χ4v) is 1.95. The molecule has 2 rings (SSSR count). The molecule has 2 aromatic carbocycles. The number of hydrazone groups is 1. The average molecular weight is 325 g/mol. The lowest BCUT2D eigenvalue weighted by molar-refractivity contribution is -0.115. The largest absolute Gasteiger partial charge is 0.496 e. The summed E-state index contributed by atoms with van der Waals surface area (Å²) in [6.07, 6.45) is 1.92. The van der Waals surface area contributed by atoms with E-state index in [0.717, 1.165) is 5.56 Å². The highest BCUT2D eigenvalue weighted by Gasteiger charge is 2.05. The number of hydrogen-bond acceptors (Lipinski definition) is 4. The first-order chi connectivity index (χ1) is 11.6. The molecule has 2 amide bonds. The van der Waals surface area contributed by atoms with E-state index in [1.807, 2.05) is 24.3 Å². The van der Waals surface area contributed by atoms with Crippen molar-refractivity contribution in [3.63, 3.8) is 0 Å². The Kier molecular flexibility index (Phi) is 6.08. The van der Waals surface area contributed by atoms with Crippen LogP contribution in [0.1, 0.15) is 29.3 Å². The number of ether oxygens (including phenoxy) is 1. The molecule has 0 heterocycles. The summed E-state index contributed by atoms with van der Waals surface area (Å²) < 4.78 is 5.20. The van der Waals surface area contributed by atoms with E-state index < -0.39 is 0 Å². The zero-order valence-electron chi connectivity index (χ0n) is 13.6. The summed E-state index contributed by atoms with van der Waals surface area (Å²) in [6, 6.07) is 14.0. The Bertz CT molecular complexity index is 739. The fourth-order valence-electron chi connectivity index (χ4n) is 1.95. The van der Waals surface area contributed by atoms with Gasteiger partial charge in [0, 0.05) is 23.2 Å². The third kappa shape index (κ3) is 4.67. The number of nitrogens with one attached hydrogen (secondary N) is 2. The minimum absolute atomic E-state index is 0.0754. The van der Waals surface area contributed by atoms with Crippen molar-refractivity contribution in [3.05, 3.63) is 59.7 Å². The lowest BCUT2D eigenvalue weighted by Crippen LogP contribution is -2.17. The van der Waals surface area contributed by atoms with Gasteiger partial charge in [0.25, 0.3) is 5.91 Å². The van der Waals surface area contributed by atoms with Crippen molar-refractivity contribution >= 4 is 23.7 Å². The van der Waals surface area contributed by atoms with Crippen LogP contribution in [0.25, 0.3) is 0 Å². The van der Waals surface area contributed by atoms with Crippen LogP contribution in [-0.4, -0.2) is 25.1 Å². The van der Waals surface area contributed by atoms with Crippen LogP contribution in [0.5, 0.6) is 5.75 Å². The van der Waals surface area contributed by atoms with E-state index in [1.54, 1.807) is 38.3 Å². The van der Waals surface area contributed by atoms with Gasteiger partial charge in [0.2, 0.25) is 5.91 Å². The van der Waals surface area contributed by atoms with Crippen molar-refractivity contribution < 1.29 is 14.3 Å². The zero-order chi connectivity index (χ0) is 17.4. The molecule has 6 nitrogen and oxygen atoms in total. The van der Waals surface area contributed by atoms with E-state index in [1.165, 1.54) is 6.21 Å². The standard InChI is InChI=1S/C18H19N3O3/c1-3-17(22)20-15-10-8-13(9-11-15)18(23)21-19-12-14-6-4-5-7-16(14)24-2/h4-12H,3H2,1-2H3,(H,20,22)(H,21,23)/b19-12+. The van der Waals surface area contributed by atoms with E-state index in [2.05, 4.69) is 15.8 Å². The lowest BCUT2D eigenvalue weighted by atomic mass is 10.2. The Hall–Kier alpha value is -3.15. The van der Waals surface area contributed by atoms with E-state index in [4.69, 9.17) is 4.74 Å². The molecular formula is C18H19N3O3. The summed E-state index contributed by atoms with van der Waals surface area (Å²) in [6.45, 7) is 1.77. The summed E-state index contributed by atoms with van der Waals surface area (Å²) in [5.41, 5.74) is 4.31. The molecule has 0 radical (unpaired) electrons. The van der Waals surface area contributed by atoms with Crippen molar-refractivity contribution in [1.29, 1.82) is 0 Å². The molecule has 0 atom stereocenters. The quantitative estimate of drug-likeness (QED) is 0.633. The van der Waals surface area contributed by atoms with Gasteiger partial charge in [-0.1, -0.05) is 19.1 Å². The van der Waals surface area contributed by atoms with Crippen LogP contribution in [0.4, 0.5) is 5.69 Å². The molecule has 0 aliphatic heterocycles. The Morgan fingerprint density at radius 2 is 1.83 bits per heavy atom. The Labute approximate surface area is 140 Å². The van der Waals surface area contributed by atoms with Crippen molar-refractivity contribution in [2.24, 2.45) is 5.10 Å². The van der Waals surface area contributed by atoms with Crippen molar-refractivity contribution in [2.75, 3.05) is 12.4 Å².